The minimum Gasteiger partial charge on any atom is -0.458 e. The van der Waals surface area contributed by atoms with E-state index < -0.39 is 0 Å². The van der Waals surface area contributed by atoms with Crippen LogP contribution in [-0.4, -0.2) is 45.8 Å². The smallest absolute Gasteiger partial charge is 0.333 e. The van der Waals surface area contributed by atoms with Gasteiger partial charge in [0.1, 0.15) is 12.9 Å². The molecule has 0 N–H and O–H groups in total. The van der Waals surface area contributed by atoms with Gasteiger partial charge in [-0.2, -0.15) is 0 Å². The van der Waals surface area contributed by atoms with Gasteiger partial charge in [-0.15, -0.1) is 0 Å². The van der Waals surface area contributed by atoms with Gasteiger partial charge >= 0.3 is 5.97 Å². The first-order chi connectivity index (χ1) is 10.5. The molecule has 124 valence electrons. The van der Waals surface area contributed by atoms with Crippen molar-refractivity contribution in [1.82, 2.24) is 0 Å². The molecule has 0 radical (unpaired) electrons. The third-order valence-corrected chi connectivity index (χ3v) is 3.39. The zero-order chi connectivity index (χ0) is 16.4. The summed E-state index contributed by atoms with van der Waals surface area (Å²) < 4.78 is 20.6. The molecule has 0 aromatic heterocycles. The lowest BCUT2D eigenvalue weighted by Gasteiger charge is -2.26. The first-order valence-corrected chi connectivity index (χ1v) is 7.35. The van der Waals surface area contributed by atoms with Crippen LogP contribution in [0.3, 0.4) is 0 Å². The van der Waals surface area contributed by atoms with Gasteiger partial charge in [0.25, 0.3) is 0 Å². The molecule has 22 heavy (non-hydrogen) atoms. The summed E-state index contributed by atoms with van der Waals surface area (Å²) in [5.41, 5.74) is 0.313. The largest absolute Gasteiger partial charge is 0.458 e. The topological polar surface area (TPSA) is 54.0 Å². The van der Waals surface area contributed by atoms with Crippen LogP contribution in [0.25, 0.3) is 0 Å². The van der Waals surface area contributed by atoms with E-state index in [1.165, 1.54) is 0 Å². The summed E-state index contributed by atoms with van der Waals surface area (Å²) in [6, 6.07) is 0. The third-order valence-electron chi connectivity index (χ3n) is 3.39. The van der Waals surface area contributed by atoms with Gasteiger partial charge in [0.05, 0.1) is 19.8 Å². The van der Waals surface area contributed by atoms with Crippen LogP contribution in [0.15, 0.2) is 36.5 Å². The summed E-state index contributed by atoms with van der Waals surface area (Å²) in [7, 11) is 1.63. The highest BCUT2D eigenvalue weighted by molar-refractivity contribution is 5.90. The van der Waals surface area contributed by atoms with E-state index in [9.17, 15) is 4.79 Å². The second-order valence-corrected chi connectivity index (χ2v) is 5.70. The van der Waals surface area contributed by atoms with Crippen molar-refractivity contribution in [1.29, 1.82) is 0 Å². The van der Waals surface area contributed by atoms with Crippen molar-refractivity contribution in [3.05, 3.63) is 36.5 Å². The Morgan fingerprint density at radius 2 is 2.09 bits per heavy atom. The summed E-state index contributed by atoms with van der Waals surface area (Å²) >= 11 is 0. The van der Waals surface area contributed by atoms with Crippen LogP contribution in [-0.2, 0) is 23.7 Å². The van der Waals surface area contributed by atoms with Gasteiger partial charge < -0.3 is 18.9 Å². The number of methoxy groups -OCH3 is 1. The normalized spacial score (nSPS) is 19.5. The van der Waals surface area contributed by atoms with Gasteiger partial charge in [-0.25, -0.2) is 4.79 Å². The number of hydrogen-bond donors (Lipinski definition) is 0. The minimum atomic E-state index is -0.288. The van der Waals surface area contributed by atoms with Crippen molar-refractivity contribution in [2.75, 3.05) is 33.7 Å². The van der Waals surface area contributed by atoms with E-state index in [-0.39, 0.29) is 24.3 Å². The average molecular weight is 310 g/mol. The quantitative estimate of drug-likeness (QED) is 0.204. The molecule has 1 rings (SSSR count). The van der Waals surface area contributed by atoms with Crippen molar-refractivity contribution in [3.8, 4) is 0 Å². The lowest BCUT2D eigenvalue weighted by molar-refractivity contribution is -0.141. The molecule has 5 heteroatoms. The van der Waals surface area contributed by atoms with Crippen LogP contribution in [0.1, 0.15) is 20.3 Å². The molecule has 1 unspecified atom stereocenters. The van der Waals surface area contributed by atoms with Gasteiger partial charge in [0.2, 0.25) is 0 Å². The summed E-state index contributed by atoms with van der Waals surface area (Å²) in [5.74, 6) is -0.288. The van der Waals surface area contributed by atoms with Crippen molar-refractivity contribution < 1.29 is 23.7 Å². The monoisotopic (exact) mass is 310 g/mol. The van der Waals surface area contributed by atoms with Crippen molar-refractivity contribution in [3.63, 3.8) is 0 Å². The first-order valence-electron chi connectivity index (χ1n) is 7.35. The number of allylic oxidation sites excluding steroid dienone is 2. The SMILES string of the molecule is C=C1CC(C(C)(C)/C=C/C=C/COCOCCOC)OC1=O. The lowest BCUT2D eigenvalue weighted by atomic mass is 9.84. The van der Waals surface area contributed by atoms with Gasteiger partial charge in [-0.3, -0.25) is 0 Å². The molecule has 0 aromatic rings. The van der Waals surface area contributed by atoms with Gasteiger partial charge in [0.15, 0.2) is 0 Å². The number of carbonyl (C=O) groups excluding carboxylic acids is 1. The van der Waals surface area contributed by atoms with Crippen molar-refractivity contribution in [2.45, 2.75) is 26.4 Å². The number of esters is 1. The highest BCUT2D eigenvalue weighted by atomic mass is 16.7. The van der Waals surface area contributed by atoms with Crippen LogP contribution >= 0.6 is 0 Å². The second-order valence-electron chi connectivity index (χ2n) is 5.70. The third kappa shape index (κ3) is 6.56. The van der Waals surface area contributed by atoms with Crippen LogP contribution in [0, 0.1) is 5.41 Å². The maximum absolute atomic E-state index is 11.4. The predicted molar refractivity (Wildman–Crippen MR) is 84.3 cm³/mol. The van der Waals surface area contributed by atoms with E-state index >= 15 is 0 Å². The Labute approximate surface area is 132 Å². The van der Waals surface area contributed by atoms with Crippen LogP contribution in [0.2, 0.25) is 0 Å². The molecule has 0 aliphatic carbocycles. The number of carbonyl (C=O) groups is 1. The number of cyclic esters (lactones) is 1. The van der Waals surface area contributed by atoms with E-state index in [1.807, 2.05) is 38.2 Å². The Morgan fingerprint density at radius 1 is 1.32 bits per heavy atom. The number of ether oxygens (including phenoxy) is 4. The van der Waals surface area contributed by atoms with E-state index in [4.69, 9.17) is 18.9 Å². The molecule has 1 atom stereocenters. The molecule has 0 bridgehead atoms. The van der Waals surface area contributed by atoms with Crippen LogP contribution in [0.4, 0.5) is 0 Å². The average Bonchev–Trinajstić information content (AvgIpc) is 2.81. The summed E-state index contributed by atoms with van der Waals surface area (Å²) in [6.07, 6.45) is 8.19. The standard InChI is InChI=1S/C17H26O5/c1-14-12-15(22-16(14)18)17(2,3)8-6-5-7-9-20-13-21-11-10-19-4/h5-8,15H,1,9-13H2,2-4H3/b7-5+,8-6+. The van der Waals surface area contributed by atoms with E-state index in [2.05, 4.69) is 6.58 Å². The molecule has 0 saturated carbocycles. The van der Waals surface area contributed by atoms with Gasteiger partial charge in [-0.05, 0) is 0 Å². The van der Waals surface area contributed by atoms with Crippen molar-refractivity contribution >= 4 is 5.97 Å². The van der Waals surface area contributed by atoms with Crippen LogP contribution in [0.5, 0.6) is 0 Å². The molecule has 1 heterocycles. The molecule has 1 saturated heterocycles. The number of rotatable bonds is 10. The summed E-state index contributed by atoms with van der Waals surface area (Å²) in [4.78, 5) is 11.4. The Bertz CT molecular complexity index is 407. The fraction of sp³-hybridized carbons (Fsp3) is 0.588. The highest BCUT2D eigenvalue weighted by Crippen LogP contribution is 2.34. The van der Waals surface area contributed by atoms with Crippen LogP contribution < -0.4 is 0 Å². The fourth-order valence-corrected chi connectivity index (χ4v) is 1.90. The molecule has 0 spiro atoms. The maximum atomic E-state index is 11.4. The molecular weight excluding hydrogens is 284 g/mol. The van der Waals surface area contributed by atoms with E-state index in [0.29, 0.717) is 31.8 Å². The van der Waals surface area contributed by atoms with Gasteiger partial charge in [-0.1, -0.05) is 44.7 Å². The Morgan fingerprint density at radius 3 is 2.73 bits per heavy atom. The molecule has 0 aromatic carbocycles. The minimum absolute atomic E-state index is 0.150. The predicted octanol–water partition coefficient (Wildman–Crippen LogP) is 2.63. The second kappa shape index (κ2) is 9.56. The molecule has 1 aliphatic heterocycles. The molecule has 1 aliphatic rings. The zero-order valence-corrected chi connectivity index (χ0v) is 13.7. The first kappa shape index (κ1) is 18.6. The lowest BCUT2D eigenvalue weighted by Crippen LogP contribution is -2.26. The van der Waals surface area contributed by atoms with Crippen molar-refractivity contribution in [2.24, 2.45) is 5.41 Å². The molecule has 5 nitrogen and oxygen atoms in total. The van der Waals surface area contributed by atoms with E-state index in [0.717, 1.165) is 0 Å². The fourth-order valence-electron chi connectivity index (χ4n) is 1.90. The molecular formula is C17H26O5. The zero-order valence-electron chi connectivity index (χ0n) is 13.7. The Hall–Kier alpha value is -1.43. The maximum Gasteiger partial charge on any atom is 0.333 e. The Balaban J connectivity index is 2.22. The summed E-state index contributed by atoms with van der Waals surface area (Å²) in [5, 5.41) is 0. The molecule has 0 amide bonds. The van der Waals surface area contributed by atoms with Gasteiger partial charge in [0, 0.05) is 24.5 Å². The van der Waals surface area contributed by atoms with E-state index in [1.54, 1.807) is 7.11 Å². The highest BCUT2D eigenvalue weighted by Gasteiger charge is 2.37. The summed E-state index contributed by atoms with van der Waals surface area (Å²) in [6.45, 7) is 9.60. The molecule has 1 fully saturated rings. The number of hydrogen-bond acceptors (Lipinski definition) is 5. The Kier molecular flexibility index (Phi) is 8.09.